The lowest BCUT2D eigenvalue weighted by molar-refractivity contribution is -0.142. The second-order valence-corrected chi connectivity index (χ2v) is 7.68. The number of benzene rings is 1. The Bertz CT molecular complexity index is 822. The number of thiazole rings is 1. The molecule has 134 valence electrons. The van der Waals surface area contributed by atoms with Gasteiger partial charge >= 0.3 is 0 Å². The van der Waals surface area contributed by atoms with E-state index in [1.807, 2.05) is 18.2 Å². The minimum absolute atomic E-state index is 0.208. The third-order valence-corrected chi connectivity index (χ3v) is 5.96. The Kier molecular flexibility index (Phi) is 4.55. The van der Waals surface area contributed by atoms with Crippen LogP contribution in [0, 0.1) is 11.8 Å². The van der Waals surface area contributed by atoms with Gasteiger partial charge in [-0.25, -0.2) is 4.98 Å². The van der Waals surface area contributed by atoms with Gasteiger partial charge in [0, 0.05) is 11.6 Å². The number of carbonyl (C=O) groups excluding carboxylic acids is 3. The zero-order chi connectivity index (χ0) is 18.1. The highest BCUT2D eigenvalue weighted by Crippen LogP contribution is 2.44. The van der Waals surface area contributed by atoms with Crippen molar-refractivity contribution in [3.8, 4) is 0 Å². The van der Waals surface area contributed by atoms with Crippen molar-refractivity contribution in [2.75, 3.05) is 11.9 Å². The van der Waals surface area contributed by atoms with E-state index in [4.69, 9.17) is 0 Å². The Morgan fingerprint density at radius 2 is 1.92 bits per heavy atom. The average molecular weight is 369 g/mol. The minimum Gasteiger partial charge on any atom is -0.300 e. The molecule has 1 saturated carbocycles. The maximum absolute atomic E-state index is 12.8. The molecule has 4 rings (SSSR count). The van der Waals surface area contributed by atoms with Gasteiger partial charge < -0.3 is 5.32 Å². The number of aromatic nitrogens is 1. The molecule has 0 radical (unpaired) electrons. The molecule has 1 aliphatic heterocycles. The van der Waals surface area contributed by atoms with Crippen LogP contribution < -0.4 is 5.32 Å². The number of nitrogens with zero attached hydrogens (tertiary/aromatic N) is 2. The van der Waals surface area contributed by atoms with Gasteiger partial charge in [-0.3, -0.25) is 19.3 Å². The molecule has 26 heavy (non-hydrogen) atoms. The van der Waals surface area contributed by atoms with Crippen molar-refractivity contribution >= 4 is 34.2 Å². The lowest BCUT2D eigenvalue weighted by Crippen LogP contribution is -2.38. The summed E-state index contributed by atoms with van der Waals surface area (Å²) in [6.07, 6.45) is 3.84. The number of likely N-dealkylation sites (tertiary alicyclic amines) is 1. The molecule has 1 aromatic carbocycles. The van der Waals surface area contributed by atoms with Crippen LogP contribution in [0.5, 0.6) is 0 Å². The first-order valence-electron chi connectivity index (χ1n) is 8.73. The molecule has 7 heteroatoms. The number of imide groups is 1. The molecule has 2 heterocycles. The highest BCUT2D eigenvalue weighted by Gasteiger charge is 2.50. The van der Waals surface area contributed by atoms with Crippen molar-refractivity contribution in [1.29, 1.82) is 0 Å². The number of hydrogen-bond acceptors (Lipinski definition) is 5. The third kappa shape index (κ3) is 3.14. The summed E-state index contributed by atoms with van der Waals surface area (Å²) in [6.45, 7) is -0.236. The van der Waals surface area contributed by atoms with E-state index in [1.165, 1.54) is 16.9 Å². The van der Waals surface area contributed by atoms with E-state index in [0.717, 1.165) is 11.3 Å². The van der Waals surface area contributed by atoms with Crippen molar-refractivity contribution in [2.45, 2.75) is 25.2 Å². The quantitative estimate of drug-likeness (QED) is 0.841. The monoisotopic (exact) mass is 369 g/mol. The van der Waals surface area contributed by atoms with E-state index in [0.29, 0.717) is 23.9 Å². The Hall–Kier alpha value is -2.54. The van der Waals surface area contributed by atoms with Crippen LogP contribution in [0.3, 0.4) is 0 Å². The number of fused-ring (bicyclic) bond motifs is 1. The second kappa shape index (κ2) is 6.99. The predicted octanol–water partition coefficient (Wildman–Crippen LogP) is 2.65. The van der Waals surface area contributed by atoms with Crippen LogP contribution in [0.15, 0.2) is 41.9 Å². The van der Waals surface area contributed by atoms with Crippen molar-refractivity contribution in [1.82, 2.24) is 9.88 Å². The molecule has 1 N–H and O–H groups in total. The van der Waals surface area contributed by atoms with E-state index in [9.17, 15) is 14.4 Å². The first-order valence-corrected chi connectivity index (χ1v) is 9.61. The molecule has 2 fully saturated rings. The van der Waals surface area contributed by atoms with Crippen molar-refractivity contribution in [2.24, 2.45) is 11.8 Å². The largest absolute Gasteiger partial charge is 0.300 e. The molecule has 0 bridgehead atoms. The van der Waals surface area contributed by atoms with E-state index < -0.39 is 0 Å². The summed E-state index contributed by atoms with van der Waals surface area (Å²) in [5.74, 6) is -1.11. The van der Waals surface area contributed by atoms with Crippen molar-refractivity contribution < 1.29 is 14.4 Å². The summed E-state index contributed by atoms with van der Waals surface area (Å²) in [5, 5.41) is 4.85. The van der Waals surface area contributed by atoms with Crippen LogP contribution in [0.25, 0.3) is 0 Å². The van der Waals surface area contributed by atoms with Gasteiger partial charge in [0.1, 0.15) is 6.54 Å². The van der Waals surface area contributed by atoms with E-state index in [2.05, 4.69) is 22.4 Å². The number of anilines is 1. The first-order chi connectivity index (χ1) is 12.6. The number of hydrogen-bond donors (Lipinski definition) is 1. The molecule has 2 aromatic rings. The summed E-state index contributed by atoms with van der Waals surface area (Å²) >= 11 is 1.30. The molecule has 1 aromatic heterocycles. The Morgan fingerprint density at radius 1 is 1.15 bits per heavy atom. The molecule has 3 atom stereocenters. The molecule has 1 saturated heterocycles. The zero-order valence-corrected chi connectivity index (χ0v) is 14.9. The molecule has 0 unspecified atom stereocenters. The normalized spacial score (nSPS) is 25.2. The van der Waals surface area contributed by atoms with E-state index >= 15 is 0 Å². The Labute approximate surface area is 155 Å². The summed E-state index contributed by atoms with van der Waals surface area (Å²) in [6, 6.07) is 10.1. The fourth-order valence-electron chi connectivity index (χ4n) is 4.02. The van der Waals surface area contributed by atoms with Gasteiger partial charge in [-0.15, -0.1) is 11.3 Å². The third-order valence-electron chi connectivity index (χ3n) is 5.27. The number of nitrogens with one attached hydrogen (secondary N) is 1. The van der Waals surface area contributed by atoms with Gasteiger partial charge in [-0.1, -0.05) is 30.3 Å². The highest BCUT2D eigenvalue weighted by atomic mass is 32.1. The van der Waals surface area contributed by atoms with Crippen LogP contribution in [0.1, 0.15) is 30.7 Å². The maximum Gasteiger partial charge on any atom is 0.246 e. The second-order valence-electron chi connectivity index (χ2n) is 6.78. The minimum atomic E-state index is -0.389. The molecular weight excluding hydrogens is 350 g/mol. The average Bonchev–Trinajstić information content (AvgIpc) is 3.25. The highest BCUT2D eigenvalue weighted by molar-refractivity contribution is 7.13. The summed E-state index contributed by atoms with van der Waals surface area (Å²) in [5.41, 5.74) is 1.21. The van der Waals surface area contributed by atoms with Gasteiger partial charge in [-0.2, -0.15) is 0 Å². The predicted molar refractivity (Wildman–Crippen MR) is 97.5 cm³/mol. The smallest absolute Gasteiger partial charge is 0.246 e. The van der Waals surface area contributed by atoms with E-state index in [1.54, 1.807) is 11.6 Å². The molecular formula is C19H19N3O3S. The van der Waals surface area contributed by atoms with Crippen LogP contribution >= 0.6 is 11.3 Å². The van der Waals surface area contributed by atoms with Gasteiger partial charge in [0.05, 0.1) is 11.8 Å². The maximum atomic E-state index is 12.8. The van der Waals surface area contributed by atoms with Gasteiger partial charge in [-0.05, 0) is 30.7 Å². The fraction of sp³-hybridized carbons (Fsp3) is 0.368. The standard InChI is InChI=1S/C19H19N3O3S/c23-16(21-19-20-8-9-26-19)11-22-17(24)14-7-6-13(10-15(14)18(22)25)12-4-2-1-3-5-12/h1-5,8-9,13-15H,6-7,10-11H2,(H,20,21,23)/t13-,14-,15+/m0/s1. The lowest BCUT2D eigenvalue weighted by atomic mass is 9.73. The molecule has 0 spiro atoms. The molecule has 3 amide bonds. The number of rotatable bonds is 4. The Morgan fingerprint density at radius 3 is 2.65 bits per heavy atom. The molecule has 1 aliphatic carbocycles. The lowest BCUT2D eigenvalue weighted by Gasteiger charge is -2.28. The number of amides is 3. The SMILES string of the molecule is O=C(CN1C(=O)[C@H]2CC[C@H](c3ccccc3)C[C@H]2C1=O)Nc1nccs1. The van der Waals surface area contributed by atoms with Crippen molar-refractivity contribution in [3.63, 3.8) is 0 Å². The topological polar surface area (TPSA) is 79.4 Å². The van der Waals surface area contributed by atoms with Gasteiger partial charge in [0.15, 0.2) is 5.13 Å². The van der Waals surface area contributed by atoms with Crippen LogP contribution in [-0.4, -0.2) is 34.2 Å². The van der Waals surface area contributed by atoms with Gasteiger partial charge in [0.2, 0.25) is 17.7 Å². The summed E-state index contributed by atoms with van der Waals surface area (Å²) in [7, 11) is 0. The molecule has 6 nitrogen and oxygen atoms in total. The van der Waals surface area contributed by atoms with Crippen LogP contribution in [0.4, 0.5) is 5.13 Å². The summed E-state index contributed by atoms with van der Waals surface area (Å²) < 4.78 is 0. The first kappa shape index (κ1) is 16.9. The van der Waals surface area contributed by atoms with Crippen LogP contribution in [-0.2, 0) is 14.4 Å². The fourth-order valence-corrected chi connectivity index (χ4v) is 4.56. The Balaban J connectivity index is 1.44. The van der Waals surface area contributed by atoms with Crippen LogP contribution in [0.2, 0.25) is 0 Å². The zero-order valence-electron chi connectivity index (χ0n) is 14.1. The molecule has 2 aliphatic rings. The van der Waals surface area contributed by atoms with E-state index in [-0.39, 0.29) is 36.1 Å². The summed E-state index contributed by atoms with van der Waals surface area (Å²) in [4.78, 5) is 42.7. The van der Waals surface area contributed by atoms with Crippen molar-refractivity contribution in [3.05, 3.63) is 47.5 Å². The number of carbonyl (C=O) groups is 3. The van der Waals surface area contributed by atoms with Gasteiger partial charge in [0.25, 0.3) is 0 Å².